The van der Waals surface area contributed by atoms with Gasteiger partial charge < -0.3 is 9.47 Å². The van der Waals surface area contributed by atoms with E-state index in [1.807, 2.05) is 0 Å². The summed E-state index contributed by atoms with van der Waals surface area (Å²) < 4.78 is 11.3. The number of esters is 1. The van der Waals surface area contributed by atoms with Crippen molar-refractivity contribution in [3.8, 4) is 11.5 Å². The summed E-state index contributed by atoms with van der Waals surface area (Å²) in [6.45, 7) is 1.73. The van der Waals surface area contributed by atoms with Crippen LogP contribution in [-0.2, 0) is 11.2 Å². The first-order valence-electron chi connectivity index (χ1n) is 9.30. The summed E-state index contributed by atoms with van der Waals surface area (Å²) in [5, 5.41) is 1.49. The van der Waals surface area contributed by atoms with Gasteiger partial charge in [0, 0.05) is 20.6 Å². The molecule has 0 amide bonds. The molecule has 0 radical (unpaired) electrons. The van der Waals surface area contributed by atoms with Gasteiger partial charge in [0.25, 0.3) is 0 Å². The maximum Gasteiger partial charge on any atom is 0.315 e. The number of allylic oxidation sites excluding steroid dienone is 1. The highest BCUT2D eigenvalue weighted by atomic mass is 35.5. The molecule has 4 nitrogen and oxygen atoms in total. The molecule has 7 heteroatoms. The quantitative estimate of drug-likeness (QED) is 0.240. The van der Waals surface area contributed by atoms with Crippen LogP contribution in [0, 0.1) is 6.92 Å². The summed E-state index contributed by atoms with van der Waals surface area (Å²) in [7, 11) is 0. The van der Waals surface area contributed by atoms with E-state index in [1.54, 1.807) is 67.6 Å². The zero-order valence-corrected chi connectivity index (χ0v) is 18.5. The molecule has 0 aromatic heterocycles. The Hall–Kier alpha value is -2.79. The highest BCUT2D eigenvalue weighted by Crippen LogP contribution is 2.39. The first kappa shape index (κ1) is 21.4. The summed E-state index contributed by atoms with van der Waals surface area (Å²) in [5.41, 5.74) is 2.34. The molecular weight excluding hydrogens is 459 g/mol. The summed E-state index contributed by atoms with van der Waals surface area (Å²) in [5.74, 6) is 0.114. The number of fused-ring (bicyclic) bond motifs is 1. The molecule has 0 atom stereocenters. The third-order valence-corrected chi connectivity index (χ3v) is 5.59. The minimum atomic E-state index is -0.432. The van der Waals surface area contributed by atoms with Gasteiger partial charge in [0.2, 0.25) is 5.78 Å². The molecule has 31 heavy (non-hydrogen) atoms. The van der Waals surface area contributed by atoms with Crippen molar-refractivity contribution in [3.63, 3.8) is 0 Å². The molecule has 0 N–H and O–H groups in total. The number of hydrogen-bond acceptors (Lipinski definition) is 4. The van der Waals surface area contributed by atoms with Gasteiger partial charge >= 0.3 is 5.97 Å². The Morgan fingerprint density at radius 1 is 1.00 bits per heavy atom. The smallest absolute Gasteiger partial charge is 0.315 e. The summed E-state index contributed by atoms with van der Waals surface area (Å²) in [6.07, 6.45) is 1.65. The van der Waals surface area contributed by atoms with Crippen molar-refractivity contribution in [2.75, 3.05) is 0 Å². The van der Waals surface area contributed by atoms with E-state index in [0.29, 0.717) is 43.3 Å². The topological polar surface area (TPSA) is 52.6 Å². The fourth-order valence-corrected chi connectivity index (χ4v) is 3.76. The van der Waals surface area contributed by atoms with Crippen LogP contribution in [0.25, 0.3) is 6.08 Å². The second kappa shape index (κ2) is 8.75. The molecule has 1 aliphatic rings. The van der Waals surface area contributed by atoms with E-state index in [0.717, 1.165) is 5.56 Å². The van der Waals surface area contributed by atoms with E-state index in [2.05, 4.69) is 0 Å². The second-order valence-corrected chi connectivity index (χ2v) is 8.23. The third-order valence-electron chi connectivity index (χ3n) is 4.77. The molecule has 0 spiro atoms. The lowest BCUT2D eigenvalue weighted by Gasteiger charge is -2.10. The molecule has 0 saturated carbocycles. The first-order valence-corrected chi connectivity index (χ1v) is 10.4. The number of rotatable bonds is 4. The summed E-state index contributed by atoms with van der Waals surface area (Å²) in [6, 6.07) is 15.1. The average Bonchev–Trinajstić information content (AvgIpc) is 3.04. The lowest BCUT2D eigenvalue weighted by Crippen LogP contribution is -2.12. The zero-order chi connectivity index (χ0) is 22.1. The number of carbonyl (C=O) groups is 2. The van der Waals surface area contributed by atoms with E-state index in [1.165, 1.54) is 0 Å². The highest BCUT2D eigenvalue weighted by Gasteiger charge is 2.30. The Morgan fingerprint density at radius 2 is 1.71 bits per heavy atom. The first-order chi connectivity index (χ1) is 14.8. The van der Waals surface area contributed by atoms with Gasteiger partial charge in [-0.05, 0) is 60.5 Å². The van der Waals surface area contributed by atoms with Crippen LogP contribution in [0.15, 0.2) is 60.4 Å². The normalized spacial score (nSPS) is 13.8. The van der Waals surface area contributed by atoms with Crippen LogP contribution in [0.5, 0.6) is 11.5 Å². The Balaban J connectivity index is 1.55. The predicted molar refractivity (Wildman–Crippen MR) is 121 cm³/mol. The number of hydrogen-bond donors (Lipinski definition) is 0. The molecule has 3 aromatic carbocycles. The summed E-state index contributed by atoms with van der Waals surface area (Å²) >= 11 is 18.0. The maximum absolute atomic E-state index is 12.8. The average molecular weight is 474 g/mol. The van der Waals surface area contributed by atoms with E-state index in [4.69, 9.17) is 44.3 Å². The molecule has 0 bridgehead atoms. The molecule has 1 aliphatic heterocycles. The highest BCUT2D eigenvalue weighted by molar-refractivity contribution is 6.35. The van der Waals surface area contributed by atoms with E-state index < -0.39 is 5.97 Å². The molecule has 0 aliphatic carbocycles. The van der Waals surface area contributed by atoms with Gasteiger partial charge in [0.05, 0.1) is 12.0 Å². The molecule has 0 fully saturated rings. The van der Waals surface area contributed by atoms with Gasteiger partial charge in [-0.25, -0.2) is 0 Å². The van der Waals surface area contributed by atoms with Crippen LogP contribution in [-0.4, -0.2) is 11.8 Å². The third kappa shape index (κ3) is 4.62. The van der Waals surface area contributed by atoms with Crippen molar-refractivity contribution >= 4 is 52.6 Å². The number of halogens is 3. The molecule has 0 unspecified atom stereocenters. The van der Waals surface area contributed by atoms with Crippen molar-refractivity contribution in [2.24, 2.45) is 0 Å². The molecule has 3 aromatic rings. The van der Waals surface area contributed by atoms with E-state index in [9.17, 15) is 9.59 Å². The van der Waals surface area contributed by atoms with E-state index in [-0.39, 0.29) is 18.0 Å². The minimum absolute atomic E-state index is 0.0910. The van der Waals surface area contributed by atoms with Crippen LogP contribution in [0.2, 0.25) is 15.1 Å². The van der Waals surface area contributed by atoms with Gasteiger partial charge in [-0.2, -0.15) is 0 Å². The number of benzene rings is 3. The van der Waals surface area contributed by atoms with Crippen LogP contribution >= 0.6 is 34.8 Å². The van der Waals surface area contributed by atoms with Crippen LogP contribution in [0.4, 0.5) is 0 Å². The molecule has 0 saturated heterocycles. The van der Waals surface area contributed by atoms with Gasteiger partial charge in [-0.15, -0.1) is 0 Å². The monoisotopic (exact) mass is 472 g/mol. The van der Waals surface area contributed by atoms with Gasteiger partial charge in [0.15, 0.2) is 5.76 Å². The Bertz CT molecular complexity index is 1230. The minimum Gasteiger partial charge on any atom is -0.452 e. The number of Topliss-reactive ketones (excluding diaryl/α,β-unsaturated/α-hetero) is 1. The zero-order valence-electron chi connectivity index (χ0n) is 16.2. The van der Waals surface area contributed by atoms with Crippen molar-refractivity contribution in [1.82, 2.24) is 0 Å². The van der Waals surface area contributed by atoms with Crippen molar-refractivity contribution in [3.05, 3.63) is 97.7 Å². The van der Waals surface area contributed by atoms with Crippen LogP contribution in [0.3, 0.4) is 0 Å². The lowest BCUT2D eigenvalue weighted by atomic mass is 10.1. The second-order valence-electron chi connectivity index (χ2n) is 6.95. The number of ether oxygens (including phenoxy) is 2. The van der Waals surface area contributed by atoms with E-state index >= 15 is 0 Å². The number of carbonyl (C=O) groups excluding carboxylic acids is 2. The Kier molecular flexibility index (Phi) is 6.05. The maximum atomic E-state index is 12.8. The molecular formula is C24H15Cl3O4. The SMILES string of the molecule is Cc1c(OC(=O)Cc2ccc(Cl)cc2)ccc2c1O/C(=C\c1ccc(Cl)cc1Cl)C2=O. The Labute approximate surface area is 193 Å². The largest absolute Gasteiger partial charge is 0.452 e. The van der Waals surface area contributed by atoms with Crippen molar-refractivity contribution < 1.29 is 19.1 Å². The fourth-order valence-electron chi connectivity index (χ4n) is 3.17. The lowest BCUT2D eigenvalue weighted by molar-refractivity contribution is -0.133. The van der Waals surface area contributed by atoms with Crippen molar-refractivity contribution in [2.45, 2.75) is 13.3 Å². The van der Waals surface area contributed by atoms with Gasteiger partial charge in [0.1, 0.15) is 11.5 Å². The van der Waals surface area contributed by atoms with Crippen LogP contribution in [0.1, 0.15) is 27.0 Å². The number of ketones is 1. The van der Waals surface area contributed by atoms with Gasteiger partial charge in [-0.3, -0.25) is 9.59 Å². The predicted octanol–water partition coefficient (Wildman–Crippen LogP) is 6.72. The summed E-state index contributed by atoms with van der Waals surface area (Å²) in [4.78, 5) is 25.1. The van der Waals surface area contributed by atoms with Gasteiger partial charge in [-0.1, -0.05) is 53.0 Å². The molecule has 156 valence electrons. The fraction of sp³-hybridized carbons (Fsp3) is 0.0833. The van der Waals surface area contributed by atoms with Crippen molar-refractivity contribution in [1.29, 1.82) is 0 Å². The van der Waals surface area contributed by atoms with Crippen LogP contribution < -0.4 is 9.47 Å². The molecule has 1 heterocycles. The standard InChI is InChI=1S/C24H15Cl3O4/c1-13-20(30-22(28)10-14-2-5-16(25)6-3-14)9-8-18-23(29)21(31-24(13)18)11-15-4-7-17(26)12-19(15)27/h2-9,11-12H,10H2,1H3/b21-11-. The molecule has 4 rings (SSSR count). The Morgan fingerprint density at radius 3 is 2.42 bits per heavy atom.